The number of oxazole rings is 1. The zero-order valence-electron chi connectivity index (χ0n) is 11.7. The molecule has 3 aromatic carbocycles. The van der Waals surface area contributed by atoms with Crippen molar-refractivity contribution in [1.82, 2.24) is 4.98 Å². The van der Waals surface area contributed by atoms with Crippen LogP contribution in [0, 0.1) is 0 Å². The number of fused-ring (bicyclic) bond motifs is 1. The Bertz CT molecular complexity index is 944. The van der Waals surface area contributed by atoms with Crippen LogP contribution in [0.5, 0.6) is 0 Å². The second-order valence-corrected chi connectivity index (χ2v) is 5.99. The Morgan fingerprint density at radius 1 is 0.727 bits per heavy atom. The lowest BCUT2D eigenvalue weighted by Crippen LogP contribution is -1.77. The van der Waals surface area contributed by atoms with Gasteiger partial charge in [-0.25, -0.2) is 4.98 Å². The van der Waals surface area contributed by atoms with E-state index in [-0.39, 0.29) is 0 Å². The summed E-state index contributed by atoms with van der Waals surface area (Å²) in [5, 5.41) is 0. The van der Waals surface area contributed by atoms with E-state index in [1.54, 1.807) is 0 Å². The third-order valence-corrected chi connectivity index (χ3v) is 4.06. The maximum absolute atomic E-state index is 5.92. The van der Waals surface area contributed by atoms with E-state index in [9.17, 15) is 0 Å². The molecule has 3 heteroatoms. The van der Waals surface area contributed by atoms with Crippen LogP contribution < -0.4 is 0 Å². The molecule has 0 spiro atoms. The van der Waals surface area contributed by atoms with Crippen molar-refractivity contribution >= 4 is 27.0 Å². The molecular weight excluding hydrogens is 338 g/mol. The van der Waals surface area contributed by atoms with E-state index in [1.807, 2.05) is 54.6 Å². The average molecular weight is 350 g/mol. The van der Waals surface area contributed by atoms with Crippen LogP contribution in [0.3, 0.4) is 0 Å². The van der Waals surface area contributed by atoms with Gasteiger partial charge in [0.25, 0.3) is 0 Å². The van der Waals surface area contributed by atoms with Crippen molar-refractivity contribution in [3.8, 4) is 22.6 Å². The fourth-order valence-electron chi connectivity index (χ4n) is 2.48. The van der Waals surface area contributed by atoms with Gasteiger partial charge in [0, 0.05) is 10.0 Å². The fourth-order valence-corrected chi connectivity index (χ4v) is 2.88. The van der Waals surface area contributed by atoms with Gasteiger partial charge in [-0.15, -0.1) is 0 Å². The highest BCUT2D eigenvalue weighted by molar-refractivity contribution is 9.10. The van der Waals surface area contributed by atoms with Gasteiger partial charge in [0.15, 0.2) is 5.58 Å². The van der Waals surface area contributed by atoms with E-state index in [0.717, 1.165) is 32.3 Å². The van der Waals surface area contributed by atoms with Gasteiger partial charge >= 0.3 is 0 Å². The molecule has 0 unspecified atom stereocenters. The number of aromatic nitrogens is 1. The van der Waals surface area contributed by atoms with Gasteiger partial charge in [-0.2, -0.15) is 0 Å². The van der Waals surface area contributed by atoms with Crippen LogP contribution in [0.2, 0.25) is 0 Å². The van der Waals surface area contributed by atoms with Crippen molar-refractivity contribution in [3.05, 3.63) is 77.3 Å². The van der Waals surface area contributed by atoms with Crippen molar-refractivity contribution in [2.24, 2.45) is 0 Å². The molecule has 1 aromatic heterocycles. The molecule has 0 saturated heterocycles. The van der Waals surface area contributed by atoms with E-state index in [1.165, 1.54) is 0 Å². The molecule has 1 heterocycles. The second kappa shape index (κ2) is 5.43. The minimum absolute atomic E-state index is 0.655. The van der Waals surface area contributed by atoms with E-state index in [2.05, 4.69) is 39.1 Å². The molecule has 0 radical (unpaired) electrons. The summed E-state index contributed by atoms with van der Waals surface area (Å²) in [6.07, 6.45) is 0. The monoisotopic (exact) mass is 349 g/mol. The minimum Gasteiger partial charge on any atom is -0.436 e. The summed E-state index contributed by atoms with van der Waals surface area (Å²) in [7, 11) is 0. The second-order valence-electron chi connectivity index (χ2n) is 5.08. The molecule has 0 atom stereocenters. The Morgan fingerprint density at radius 2 is 1.50 bits per heavy atom. The smallest absolute Gasteiger partial charge is 0.227 e. The minimum atomic E-state index is 0.655. The summed E-state index contributed by atoms with van der Waals surface area (Å²) < 4.78 is 6.99. The van der Waals surface area contributed by atoms with Crippen molar-refractivity contribution < 1.29 is 4.42 Å². The predicted molar refractivity (Wildman–Crippen MR) is 92.6 cm³/mol. The predicted octanol–water partition coefficient (Wildman–Crippen LogP) is 5.92. The summed E-state index contributed by atoms with van der Waals surface area (Å²) in [6, 6.07) is 24.3. The van der Waals surface area contributed by atoms with Crippen LogP contribution >= 0.6 is 15.9 Å². The Hall–Kier alpha value is -2.39. The van der Waals surface area contributed by atoms with Crippen LogP contribution in [0.15, 0.2) is 81.7 Å². The highest BCUT2D eigenvalue weighted by atomic mass is 79.9. The molecule has 0 saturated carbocycles. The lowest BCUT2D eigenvalue weighted by molar-refractivity contribution is 0.620. The lowest BCUT2D eigenvalue weighted by Gasteiger charge is -2.01. The zero-order chi connectivity index (χ0) is 14.9. The average Bonchev–Trinajstić information content (AvgIpc) is 2.99. The highest BCUT2D eigenvalue weighted by Gasteiger charge is 2.09. The number of hydrogen-bond donors (Lipinski definition) is 0. The third-order valence-electron chi connectivity index (χ3n) is 3.57. The standard InChI is InChI=1S/C19H12BrNO/c20-16-8-4-7-14(11-16)15-9-10-17-18(12-15)22-19(21-17)13-5-2-1-3-6-13/h1-12H. The third kappa shape index (κ3) is 2.44. The van der Waals surface area contributed by atoms with Crippen LogP contribution in [0.25, 0.3) is 33.7 Å². The fraction of sp³-hybridized carbons (Fsp3) is 0. The van der Waals surface area contributed by atoms with E-state index >= 15 is 0 Å². The van der Waals surface area contributed by atoms with E-state index in [0.29, 0.717) is 5.89 Å². The summed E-state index contributed by atoms with van der Waals surface area (Å²) in [5.74, 6) is 0.655. The van der Waals surface area contributed by atoms with Gasteiger partial charge in [0.1, 0.15) is 5.52 Å². The van der Waals surface area contributed by atoms with Crippen LogP contribution in [0.4, 0.5) is 0 Å². The van der Waals surface area contributed by atoms with Crippen molar-refractivity contribution in [3.63, 3.8) is 0 Å². The maximum Gasteiger partial charge on any atom is 0.227 e. The quantitative estimate of drug-likeness (QED) is 0.448. The molecule has 0 aliphatic heterocycles. The zero-order valence-corrected chi connectivity index (χ0v) is 13.2. The molecular formula is C19H12BrNO. The molecule has 2 nitrogen and oxygen atoms in total. The Kier molecular flexibility index (Phi) is 3.28. The van der Waals surface area contributed by atoms with Gasteiger partial charge in [-0.1, -0.05) is 52.3 Å². The number of halogens is 1. The van der Waals surface area contributed by atoms with Crippen LogP contribution in [-0.4, -0.2) is 4.98 Å². The summed E-state index contributed by atoms with van der Waals surface area (Å²) in [5.41, 5.74) is 4.93. The molecule has 22 heavy (non-hydrogen) atoms. The van der Waals surface area contributed by atoms with Crippen LogP contribution in [-0.2, 0) is 0 Å². The summed E-state index contributed by atoms with van der Waals surface area (Å²) in [6.45, 7) is 0. The Labute approximate surface area is 136 Å². The Morgan fingerprint density at radius 3 is 2.32 bits per heavy atom. The Balaban J connectivity index is 1.82. The maximum atomic E-state index is 5.92. The molecule has 0 amide bonds. The SMILES string of the molecule is Brc1cccc(-c2ccc3nc(-c4ccccc4)oc3c2)c1. The molecule has 4 rings (SSSR count). The van der Waals surface area contributed by atoms with Crippen molar-refractivity contribution in [2.75, 3.05) is 0 Å². The number of benzene rings is 3. The van der Waals surface area contributed by atoms with Crippen LogP contribution in [0.1, 0.15) is 0 Å². The number of hydrogen-bond acceptors (Lipinski definition) is 2. The normalized spacial score (nSPS) is 11.0. The van der Waals surface area contributed by atoms with Gasteiger partial charge in [-0.3, -0.25) is 0 Å². The van der Waals surface area contributed by atoms with Gasteiger partial charge in [-0.05, 0) is 47.5 Å². The molecule has 106 valence electrons. The first-order chi connectivity index (χ1) is 10.8. The largest absolute Gasteiger partial charge is 0.436 e. The topological polar surface area (TPSA) is 26.0 Å². The van der Waals surface area contributed by atoms with Gasteiger partial charge < -0.3 is 4.42 Å². The number of rotatable bonds is 2. The molecule has 0 N–H and O–H groups in total. The van der Waals surface area contributed by atoms with E-state index in [4.69, 9.17) is 4.42 Å². The molecule has 4 aromatic rings. The first-order valence-electron chi connectivity index (χ1n) is 7.01. The number of nitrogens with zero attached hydrogens (tertiary/aromatic N) is 1. The summed E-state index contributed by atoms with van der Waals surface area (Å²) >= 11 is 3.51. The molecule has 0 fully saturated rings. The molecule has 0 aliphatic carbocycles. The van der Waals surface area contributed by atoms with Gasteiger partial charge in [0.05, 0.1) is 0 Å². The van der Waals surface area contributed by atoms with E-state index < -0.39 is 0 Å². The first-order valence-corrected chi connectivity index (χ1v) is 7.81. The lowest BCUT2D eigenvalue weighted by atomic mass is 10.1. The van der Waals surface area contributed by atoms with Crippen molar-refractivity contribution in [2.45, 2.75) is 0 Å². The molecule has 0 aliphatic rings. The van der Waals surface area contributed by atoms with Gasteiger partial charge in [0.2, 0.25) is 5.89 Å². The van der Waals surface area contributed by atoms with Crippen molar-refractivity contribution in [1.29, 1.82) is 0 Å². The molecule has 0 bridgehead atoms. The summed E-state index contributed by atoms with van der Waals surface area (Å²) in [4.78, 5) is 4.56. The highest BCUT2D eigenvalue weighted by Crippen LogP contribution is 2.29. The first kappa shape index (κ1) is 13.3.